The van der Waals surface area contributed by atoms with Crippen LogP contribution in [0.1, 0.15) is 6.42 Å². The van der Waals surface area contributed by atoms with Crippen LogP contribution in [0.25, 0.3) is 0 Å². The number of thiol groups is 1. The summed E-state index contributed by atoms with van der Waals surface area (Å²) in [6.07, 6.45) is 0.359. The topological polar surface area (TPSA) is 89.9 Å². The smallest absolute Gasteiger partial charge is 0.397 e. The lowest BCUT2D eigenvalue weighted by molar-refractivity contribution is -0.141. The van der Waals surface area contributed by atoms with E-state index in [4.69, 9.17) is 10.1 Å². The number of carboxylic acids is 1. The Labute approximate surface area is 95.0 Å². The van der Waals surface area contributed by atoms with Gasteiger partial charge < -0.3 is 20.0 Å². The van der Waals surface area contributed by atoms with Gasteiger partial charge in [-0.05, 0) is 6.42 Å². The summed E-state index contributed by atoms with van der Waals surface area (Å²) in [6.45, 7) is 0.332. The molecule has 1 rings (SSSR count). The number of rotatable bonds is 4. The summed E-state index contributed by atoms with van der Waals surface area (Å²) >= 11 is 4.16. The van der Waals surface area contributed by atoms with Crippen LogP contribution in [-0.4, -0.2) is 52.1 Å². The zero-order valence-electron chi connectivity index (χ0n) is 7.75. The van der Waals surface area contributed by atoms with E-state index in [1.54, 1.807) is 0 Å². The molecule has 0 aromatic heterocycles. The number of carbonyl (C=O) groups excluding carboxylic acids is 1. The Morgan fingerprint density at radius 3 is 2.80 bits per heavy atom. The lowest BCUT2D eigenvalue weighted by atomic mass is 10.2. The minimum Gasteiger partial charge on any atom is -0.480 e. The number of carboxylic acid groups (broad SMARTS) is 1. The number of hydrogen-bond donors (Lipinski definition) is 4. The van der Waals surface area contributed by atoms with Gasteiger partial charge in [-0.25, -0.2) is 4.79 Å². The van der Waals surface area contributed by atoms with Crippen LogP contribution >= 0.6 is 21.4 Å². The minimum atomic E-state index is -1.02. The van der Waals surface area contributed by atoms with Gasteiger partial charge in [-0.1, -0.05) is 0 Å². The number of nitrogens with one attached hydrogen (secondary N) is 1. The maximum absolute atomic E-state index is 11.5. The fraction of sp³-hybridized carbons (Fsp3) is 0.667. The lowest BCUT2D eigenvalue weighted by Gasteiger charge is -2.20. The Morgan fingerprint density at radius 2 is 2.27 bits per heavy atom. The predicted molar refractivity (Wildman–Crippen MR) is 60.3 cm³/mol. The summed E-state index contributed by atoms with van der Waals surface area (Å²) in [4.78, 5) is 26.0. The van der Waals surface area contributed by atoms with Crippen LogP contribution in [-0.2, 0) is 4.79 Å². The number of likely N-dealkylation sites (tertiary alicyclic amines) is 1. The molecule has 15 heavy (non-hydrogen) atoms. The average Bonchev–Trinajstić information content (AvgIpc) is 2.57. The normalized spacial score (nSPS) is 26.1. The molecule has 3 N–H and O–H groups in total. The largest absolute Gasteiger partial charge is 0.480 e. The van der Waals surface area contributed by atoms with E-state index < -0.39 is 12.0 Å². The standard InChI is InChI=1S/C6H11BN2O4PS/c10-5(11)4-1-3(15)2-9(4)6(12)14-8-7-13/h3-4,8,13-15H,1-2H2,(H,10,11)/t3-,4-/m0/s1. The Morgan fingerprint density at radius 1 is 1.60 bits per heavy atom. The van der Waals surface area contributed by atoms with Crippen molar-refractivity contribution in [3.8, 4) is 0 Å². The molecule has 0 spiro atoms. The fourth-order valence-corrected chi connectivity index (χ4v) is 2.39. The van der Waals surface area contributed by atoms with E-state index in [-0.39, 0.29) is 19.6 Å². The number of amides is 1. The number of hydrogen-bond acceptors (Lipinski definition) is 5. The molecule has 1 heterocycles. The molecule has 83 valence electrons. The predicted octanol–water partition coefficient (Wildman–Crippen LogP) is -0.727. The van der Waals surface area contributed by atoms with Gasteiger partial charge in [-0.2, -0.15) is 12.6 Å². The molecule has 1 unspecified atom stereocenters. The fourth-order valence-electron chi connectivity index (χ4n) is 1.44. The van der Waals surface area contributed by atoms with Gasteiger partial charge in [0.25, 0.3) is 5.65 Å². The highest BCUT2D eigenvalue weighted by atomic mass is 32.1. The van der Waals surface area contributed by atoms with E-state index in [0.29, 0.717) is 20.6 Å². The molecule has 6 nitrogen and oxygen atoms in total. The number of nitrogens with zero attached hydrogens (tertiary/aromatic N) is 1. The Hall–Kier alpha value is -0.295. The average molecular weight is 249 g/mol. The van der Waals surface area contributed by atoms with Crippen LogP contribution in [0.15, 0.2) is 0 Å². The van der Waals surface area contributed by atoms with Gasteiger partial charge in [0, 0.05) is 20.5 Å². The Kier molecular flexibility index (Phi) is 4.85. The van der Waals surface area contributed by atoms with E-state index in [1.165, 1.54) is 4.90 Å². The lowest BCUT2D eigenvalue weighted by Crippen LogP contribution is -2.39. The second-order valence-electron chi connectivity index (χ2n) is 3.10. The maximum Gasteiger partial charge on any atom is 0.397 e. The van der Waals surface area contributed by atoms with E-state index in [2.05, 4.69) is 17.6 Å². The molecule has 0 aromatic rings. The molecule has 1 aliphatic rings. The number of aliphatic carboxylic acids is 1. The van der Waals surface area contributed by atoms with Crippen LogP contribution in [0.2, 0.25) is 0 Å². The third-order valence-corrected chi connectivity index (χ3v) is 3.22. The van der Waals surface area contributed by atoms with Gasteiger partial charge in [0.1, 0.15) is 6.04 Å². The summed E-state index contributed by atoms with van der Waals surface area (Å²) in [7, 11) is 0.310. The number of carbonyl (C=O) groups is 2. The molecule has 1 radical (unpaired) electrons. The molecular formula is C6H11BN2O4PS. The zero-order chi connectivity index (χ0) is 11.4. The molecule has 0 bridgehead atoms. The van der Waals surface area contributed by atoms with Crippen molar-refractivity contribution in [3.05, 3.63) is 0 Å². The molecule has 0 aromatic carbocycles. The first kappa shape index (κ1) is 12.8. The third kappa shape index (κ3) is 3.34. The van der Waals surface area contributed by atoms with Crippen molar-refractivity contribution in [3.63, 3.8) is 0 Å². The van der Waals surface area contributed by atoms with Crippen molar-refractivity contribution < 1.29 is 19.7 Å². The van der Waals surface area contributed by atoms with Crippen molar-refractivity contribution >= 4 is 40.6 Å². The SMILES string of the molecule is O=C(O)[C@@H]1C[C@H](S)CN1C(=O)PN[B]O. The van der Waals surface area contributed by atoms with Crippen molar-refractivity contribution in [2.75, 3.05) is 6.54 Å². The van der Waals surface area contributed by atoms with E-state index in [1.807, 2.05) is 0 Å². The third-order valence-electron chi connectivity index (χ3n) is 2.07. The first-order valence-electron chi connectivity index (χ1n) is 4.25. The molecule has 0 aliphatic carbocycles. The van der Waals surface area contributed by atoms with E-state index >= 15 is 0 Å². The first-order chi connectivity index (χ1) is 7.06. The van der Waals surface area contributed by atoms with Crippen LogP contribution in [0, 0.1) is 0 Å². The van der Waals surface area contributed by atoms with Gasteiger partial charge in [-0.15, -0.1) is 0 Å². The van der Waals surface area contributed by atoms with Crippen molar-refractivity contribution in [1.29, 1.82) is 0 Å². The van der Waals surface area contributed by atoms with Gasteiger partial charge >= 0.3 is 13.6 Å². The Bertz CT molecular complexity index is 270. The maximum atomic E-state index is 11.5. The van der Waals surface area contributed by atoms with Gasteiger partial charge in [0.15, 0.2) is 0 Å². The quantitative estimate of drug-likeness (QED) is 0.300. The summed E-state index contributed by atoms with van der Waals surface area (Å²) in [5, 5.41) is 17.1. The second kappa shape index (κ2) is 5.70. The highest BCUT2D eigenvalue weighted by molar-refractivity contribution is 7.81. The second-order valence-corrected chi connectivity index (χ2v) is 4.80. The molecule has 0 saturated carbocycles. The van der Waals surface area contributed by atoms with Crippen LogP contribution in [0.3, 0.4) is 0 Å². The van der Waals surface area contributed by atoms with Gasteiger partial charge in [0.05, 0.1) is 0 Å². The molecule has 9 heteroatoms. The van der Waals surface area contributed by atoms with Crippen LogP contribution in [0.4, 0.5) is 4.79 Å². The molecule has 1 aliphatic heterocycles. The summed E-state index contributed by atoms with van der Waals surface area (Å²) in [6, 6.07) is -0.798. The highest BCUT2D eigenvalue weighted by Crippen LogP contribution is 2.26. The molecule has 3 atom stereocenters. The molecule has 1 amide bonds. The molecular weight excluding hydrogens is 238 g/mol. The monoisotopic (exact) mass is 249 g/mol. The highest BCUT2D eigenvalue weighted by Gasteiger charge is 2.37. The van der Waals surface area contributed by atoms with E-state index in [9.17, 15) is 9.59 Å². The van der Waals surface area contributed by atoms with Crippen molar-refractivity contribution in [2.45, 2.75) is 17.7 Å². The van der Waals surface area contributed by atoms with E-state index in [0.717, 1.165) is 0 Å². The van der Waals surface area contributed by atoms with Gasteiger partial charge in [-0.3, -0.25) is 4.79 Å². The van der Waals surface area contributed by atoms with Gasteiger partial charge in [0.2, 0.25) is 0 Å². The van der Waals surface area contributed by atoms with Crippen molar-refractivity contribution in [1.82, 2.24) is 9.90 Å². The molecule has 1 saturated heterocycles. The van der Waals surface area contributed by atoms with Crippen molar-refractivity contribution in [2.24, 2.45) is 0 Å². The van der Waals surface area contributed by atoms with Crippen LogP contribution < -0.4 is 5.00 Å². The summed E-state index contributed by atoms with van der Waals surface area (Å²) < 4.78 is 0. The summed E-state index contributed by atoms with van der Waals surface area (Å²) in [5.41, 5.74) is -0.329. The molecule has 1 fully saturated rings. The summed E-state index contributed by atoms with van der Waals surface area (Å²) in [5.74, 6) is -1.02. The zero-order valence-corrected chi connectivity index (χ0v) is 9.65. The minimum absolute atomic E-state index is 0.0991. The van der Waals surface area contributed by atoms with Crippen LogP contribution in [0.5, 0.6) is 0 Å². The Balaban J connectivity index is 2.58. The first-order valence-corrected chi connectivity index (χ1v) is 5.76.